The van der Waals surface area contributed by atoms with E-state index in [1.807, 2.05) is 38.2 Å². The normalized spacial score (nSPS) is 10.0. The molecule has 1 aromatic carbocycles. The molecular weight excluding hydrogens is 264 g/mol. The van der Waals surface area contributed by atoms with Gasteiger partial charge in [-0.15, -0.1) is 0 Å². The van der Waals surface area contributed by atoms with Crippen LogP contribution in [0.2, 0.25) is 0 Å². The maximum Gasteiger partial charge on any atom is 0.247 e. The number of fused-ring (bicyclic) bond motifs is 1. The van der Waals surface area contributed by atoms with Gasteiger partial charge in [0, 0.05) is 11.9 Å². The molecule has 3 aromatic rings. The molecule has 0 aliphatic rings. The molecule has 110 valence electrons. The molecule has 0 amide bonds. The predicted molar refractivity (Wildman–Crippen MR) is 84.6 cm³/mol. The van der Waals surface area contributed by atoms with Gasteiger partial charge in [-0.1, -0.05) is 20.8 Å². The molecule has 0 fully saturated rings. The van der Waals surface area contributed by atoms with Crippen LogP contribution in [0.1, 0.15) is 26.3 Å². The molecule has 0 unspecified atom stereocenters. The van der Waals surface area contributed by atoms with Gasteiger partial charge in [0.2, 0.25) is 5.88 Å². The Morgan fingerprint density at radius 3 is 2.52 bits per heavy atom. The van der Waals surface area contributed by atoms with Gasteiger partial charge in [-0.25, -0.2) is 4.52 Å². The summed E-state index contributed by atoms with van der Waals surface area (Å²) in [6.45, 7) is 6.09. The lowest BCUT2D eigenvalue weighted by molar-refractivity contribution is 0.463. The van der Waals surface area contributed by atoms with Crippen molar-refractivity contribution in [1.82, 2.24) is 14.6 Å². The molecule has 0 aliphatic heterocycles. The predicted octanol–water partition coefficient (Wildman–Crippen LogP) is 3.69. The Balaban J connectivity index is 0.000000774. The van der Waals surface area contributed by atoms with Crippen molar-refractivity contribution < 1.29 is 4.74 Å². The van der Waals surface area contributed by atoms with Crippen molar-refractivity contribution in [2.45, 2.75) is 27.2 Å². The number of hydrogen-bond acceptors (Lipinski definition) is 4. The van der Waals surface area contributed by atoms with E-state index in [9.17, 15) is 0 Å². The second-order valence-corrected chi connectivity index (χ2v) is 4.22. The Kier molecular flexibility index (Phi) is 4.77. The summed E-state index contributed by atoms with van der Waals surface area (Å²) in [7, 11) is 0. The maximum atomic E-state index is 5.82. The number of aryl methyl sites for hydroxylation is 1. The van der Waals surface area contributed by atoms with E-state index in [4.69, 9.17) is 10.5 Å². The van der Waals surface area contributed by atoms with Crippen molar-refractivity contribution in [1.29, 1.82) is 0 Å². The minimum atomic E-state index is 0.557. The number of rotatable bonds is 3. The monoisotopic (exact) mass is 284 g/mol. The van der Waals surface area contributed by atoms with E-state index in [1.165, 1.54) is 6.33 Å². The summed E-state index contributed by atoms with van der Waals surface area (Å²) in [5.41, 5.74) is 8.42. The molecule has 0 radical (unpaired) electrons. The van der Waals surface area contributed by atoms with Crippen LogP contribution in [-0.4, -0.2) is 14.6 Å². The van der Waals surface area contributed by atoms with E-state index in [1.54, 1.807) is 16.6 Å². The van der Waals surface area contributed by atoms with Crippen LogP contribution in [-0.2, 0) is 6.42 Å². The van der Waals surface area contributed by atoms with Gasteiger partial charge in [-0.2, -0.15) is 10.1 Å². The number of hydrogen-bond donors (Lipinski definition) is 1. The zero-order chi connectivity index (χ0) is 15.2. The first kappa shape index (κ1) is 14.8. The van der Waals surface area contributed by atoms with E-state index in [-0.39, 0.29) is 0 Å². The first-order chi connectivity index (χ1) is 10.3. The first-order valence-corrected chi connectivity index (χ1v) is 7.12. The average molecular weight is 284 g/mol. The van der Waals surface area contributed by atoms with Crippen molar-refractivity contribution in [2.24, 2.45) is 0 Å². The van der Waals surface area contributed by atoms with E-state index < -0.39 is 0 Å². The molecule has 0 bridgehead atoms. The second-order valence-electron chi connectivity index (χ2n) is 4.22. The first-order valence-electron chi connectivity index (χ1n) is 7.12. The van der Waals surface area contributed by atoms with Gasteiger partial charge in [0.05, 0.1) is 0 Å². The molecule has 0 spiro atoms. The average Bonchev–Trinajstić information content (AvgIpc) is 2.96. The maximum absolute atomic E-state index is 5.82. The van der Waals surface area contributed by atoms with E-state index in [0.717, 1.165) is 17.5 Å². The fraction of sp³-hybridized carbons (Fsp3) is 0.250. The summed E-state index contributed by atoms with van der Waals surface area (Å²) in [5.74, 6) is 1.26. The Bertz CT molecular complexity index is 704. The van der Waals surface area contributed by atoms with Gasteiger partial charge in [-0.3, -0.25) is 0 Å². The van der Waals surface area contributed by atoms with E-state index in [2.05, 4.69) is 17.0 Å². The van der Waals surface area contributed by atoms with Crippen molar-refractivity contribution >= 4 is 11.2 Å². The highest BCUT2D eigenvalue weighted by Gasteiger charge is 2.10. The summed E-state index contributed by atoms with van der Waals surface area (Å²) in [5, 5.41) is 4.17. The summed E-state index contributed by atoms with van der Waals surface area (Å²) in [6.07, 6.45) is 4.30. The number of aromatic nitrogens is 3. The quantitative estimate of drug-likeness (QED) is 0.745. The number of benzene rings is 1. The fourth-order valence-corrected chi connectivity index (χ4v) is 2.00. The van der Waals surface area contributed by atoms with Crippen LogP contribution in [0.5, 0.6) is 11.6 Å². The van der Waals surface area contributed by atoms with Crippen LogP contribution in [0, 0.1) is 0 Å². The van der Waals surface area contributed by atoms with Crippen LogP contribution in [0.15, 0.2) is 42.9 Å². The van der Waals surface area contributed by atoms with Crippen LogP contribution >= 0.6 is 0 Å². The topological polar surface area (TPSA) is 65.4 Å². The van der Waals surface area contributed by atoms with Gasteiger partial charge in [0.25, 0.3) is 0 Å². The van der Waals surface area contributed by atoms with Crippen molar-refractivity contribution in [3.63, 3.8) is 0 Å². The van der Waals surface area contributed by atoms with Gasteiger partial charge in [-0.05, 0) is 42.3 Å². The minimum absolute atomic E-state index is 0.557. The Labute approximate surface area is 124 Å². The summed E-state index contributed by atoms with van der Waals surface area (Å²) < 4.78 is 7.60. The molecule has 3 rings (SSSR count). The van der Waals surface area contributed by atoms with Gasteiger partial charge in [0.15, 0.2) is 0 Å². The van der Waals surface area contributed by atoms with Gasteiger partial charge in [0.1, 0.15) is 17.6 Å². The van der Waals surface area contributed by atoms with E-state index in [0.29, 0.717) is 17.3 Å². The van der Waals surface area contributed by atoms with Crippen LogP contribution in [0.3, 0.4) is 0 Å². The molecule has 0 saturated heterocycles. The highest BCUT2D eigenvalue weighted by Crippen LogP contribution is 2.26. The molecule has 5 nitrogen and oxygen atoms in total. The number of nitrogen functional groups attached to an aromatic ring is 1. The SMILES string of the molecule is CC.CCc1ccn2ncnc(Oc3ccc(N)cc3)c12. The molecule has 2 aromatic heterocycles. The highest BCUT2D eigenvalue weighted by molar-refractivity contribution is 5.63. The third-order valence-corrected chi connectivity index (χ3v) is 2.98. The van der Waals surface area contributed by atoms with Crippen LogP contribution in [0.25, 0.3) is 5.52 Å². The number of nitrogens with two attached hydrogens (primary N) is 1. The van der Waals surface area contributed by atoms with Crippen molar-refractivity contribution in [3.05, 3.63) is 48.4 Å². The third kappa shape index (κ3) is 3.13. The van der Waals surface area contributed by atoms with Crippen molar-refractivity contribution in [2.75, 3.05) is 5.73 Å². The fourth-order valence-electron chi connectivity index (χ4n) is 2.00. The summed E-state index contributed by atoms with van der Waals surface area (Å²) in [4.78, 5) is 4.22. The second kappa shape index (κ2) is 6.74. The number of nitrogens with zero attached hydrogens (tertiary/aromatic N) is 3. The Morgan fingerprint density at radius 1 is 1.14 bits per heavy atom. The van der Waals surface area contributed by atoms with E-state index >= 15 is 0 Å². The number of anilines is 1. The molecule has 2 N–H and O–H groups in total. The van der Waals surface area contributed by atoms with Crippen LogP contribution in [0.4, 0.5) is 5.69 Å². The largest absolute Gasteiger partial charge is 0.437 e. The number of ether oxygens (including phenoxy) is 1. The Morgan fingerprint density at radius 2 is 1.86 bits per heavy atom. The zero-order valence-electron chi connectivity index (χ0n) is 12.6. The molecule has 2 heterocycles. The van der Waals surface area contributed by atoms with Gasteiger partial charge >= 0.3 is 0 Å². The lowest BCUT2D eigenvalue weighted by atomic mass is 10.2. The standard InChI is InChI=1S/C14H14N4O.C2H6/c1-2-10-7-8-18-13(10)14(16-9-17-18)19-12-5-3-11(15)4-6-12;1-2/h3-9H,2,15H2,1H3;1-2H3. The molecule has 21 heavy (non-hydrogen) atoms. The zero-order valence-corrected chi connectivity index (χ0v) is 12.6. The molecule has 0 aliphatic carbocycles. The van der Waals surface area contributed by atoms with Crippen molar-refractivity contribution in [3.8, 4) is 11.6 Å². The lowest BCUT2D eigenvalue weighted by Crippen LogP contribution is -1.97. The Hall–Kier alpha value is -2.56. The molecule has 5 heteroatoms. The third-order valence-electron chi connectivity index (χ3n) is 2.98. The molecule has 0 atom stereocenters. The summed E-state index contributed by atoms with van der Waals surface area (Å²) >= 11 is 0. The smallest absolute Gasteiger partial charge is 0.247 e. The van der Waals surface area contributed by atoms with Gasteiger partial charge < -0.3 is 10.5 Å². The van der Waals surface area contributed by atoms with Crippen LogP contribution < -0.4 is 10.5 Å². The lowest BCUT2D eigenvalue weighted by Gasteiger charge is -2.07. The summed E-state index contributed by atoms with van der Waals surface area (Å²) in [6, 6.07) is 9.27. The molecular formula is C16H20N4O. The molecule has 0 saturated carbocycles. The highest BCUT2D eigenvalue weighted by atomic mass is 16.5. The minimum Gasteiger partial charge on any atom is -0.437 e.